The summed E-state index contributed by atoms with van der Waals surface area (Å²) in [5.74, 6) is 0.814. The molecular formula is C12H13NO2. The first-order chi connectivity index (χ1) is 7.11. The number of methoxy groups -OCH3 is 1. The molecule has 1 aromatic rings. The van der Waals surface area contributed by atoms with Crippen molar-refractivity contribution >= 4 is 17.0 Å². The summed E-state index contributed by atoms with van der Waals surface area (Å²) in [4.78, 5) is 11.4. The lowest BCUT2D eigenvalue weighted by Gasteiger charge is -2.18. The summed E-state index contributed by atoms with van der Waals surface area (Å²) < 4.78 is 5.23. The maximum atomic E-state index is 11.4. The second-order valence-corrected chi connectivity index (χ2v) is 3.72. The van der Waals surface area contributed by atoms with Gasteiger partial charge in [0.1, 0.15) is 5.75 Å². The molecule has 15 heavy (non-hydrogen) atoms. The SMILES string of the molecule is COc1cc(N)cc2c1CC(=O)C=C2C. The molecule has 0 spiro atoms. The number of ether oxygens (including phenoxy) is 1. The van der Waals surface area contributed by atoms with Gasteiger partial charge in [0.15, 0.2) is 5.78 Å². The van der Waals surface area contributed by atoms with E-state index in [1.54, 1.807) is 19.3 Å². The number of nitrogens with two attached hydrogens (primary N) is 1. The van der Waals surface area contributed by atoms with Crippen molar-refractivity contribution in [2.24, 2.45) is 0 Å². The Morgan fingerprint density at radius 2 is 2.13 bits per heavy atom. The van der Waals surface area contributed by atoms with E-state index in [9.17, 15) is 4.79 Å². The number of allylic oxidation sites excluding steroid dienone is 2. The number of fused-ring (bicyclic) bond motifs is 1. The van der Waals surface area contributed by atoms with Crippen molar-refractivity contribution < 1.29 is 9.53 Å². The molecule has 0 aromatic heterocycles. The highest BCUT2D eigenvalue weighted by Crippen LogP contribution is 2.33. The molecule has 2 rings (SSSR count). The third-order valence-electron chi connectivity index (χ3n) is 2.60. The van der Waals surface area contributed by atoms with Crippen molar-refractivity contribution in [3.63, 3.8) is 0 Å². The van der Waals surface area contributed by atoms with E-state index >= 15 is 0 Å². The van der Waals surface area contributed by atoms with E-state index < -0.39 is 0 Å². The van der Waals surface area contributed by atoms with Gasteiger partial charge in [0, 0.05) is 23.7 Å². The van der Waals surface area contributed by atoms with Crippen LogP contribution in [0.4, 0.5) is 5.69 Å². The third kappa shape index (κ3) is 1.61. The Labute approximate surface area is 88.5 Å². The van der Waals surface area contributed by atoms with Crippen molar-refractivity contribution in [2.75, 3.05) is 12.8 Å². The number of rotatable bonds is 1. The van der Waals surface area contributed by atoms with Crippen LogP contribution < -0.4 is 10.5 Å². The lowest BCUT2D eigenvalue weighted by Crippen LogP contribution is -2.10. The minimum atomic E-state index is 0.114. The summed E-state index contributed by atoms with van der Waals surface area (Å²) in [5, 5.41) is 0. The number of carbonyl (C=O) groups excluding carboxylic acids is 1. The molecule has 3 heteroatoms. The second-order valence-electron chi connectivity index (χ2n) is 3.72. The number of anilines is 1. The molecule has 0 saturated carbocycles. The molecule has 0 fully saturated rings. The Morgan fingerprint density at radius 1 is 1.40 bits per heavy atom. The first-order valence-corrected chi connectivity index (χ1v) is 4.79. The van der Waals surface area contributed by atoms with E-state index in [1.807, 2.05) is 13.0 Å². The summed E-state index contributed by atoms with van der Waals surface area (Å²) in [7, 11) is 1.59. The Bertz CT molecular complexity index is 461. The lowest BCUT2D eigenvalue weighted by atomic mass is 9.90. The highest BCUT2D eigenvalue weighted by Gasteiger charge is 2.19. The molecule has 0 atom stereocenters. The van der Waals surface area contributed by atoms with Crippen molar-refractivity contribution in [1.82, 2.24) is 0 Å². The molecule has 0 radical (unpaired) electrons. The van der Waals surface area contributed by atoms with E-state index in [0.717, 1.165) is 16.7 Å². The normalized spacial score (nSPS) is 14.5. The predicted molar refractivity (Wildman–Crippen MR) is 59.8 cm³/mol. The van der Waals surface area contributed by atoms with Crippen LogP contribution in [0.3, 0.4) is 0 Å². The maximum absolute atomic E-state index is 11.4. The van der Waals surface area contributed by atoms with Gasteiger partial charge < -0.3 is 10.5 Å². The summed E-state index contributed by atoms with van der Waals surface area (Å²) in [5.41, 5.74) is 9.33. The Hall–Kier alpha value is -1.77. The van der Waals surface area contributed by atoms with Crippen LogP contribution in [0.15, 0.2) is 18.2 Å². The molecule has 0 unspecified atom stereocenters. The van der Waals surface area contributed by atoms with Crippen LogP contribution in [0.2, 0.25) is 0 Å². The molecule has 0 heterocycles. The number of hydrogen-bond acceptors (Lipinski definition) is 3. The van der Waals surface area contributed by atoms with Crippen LogP contribution in [0.5, 0.6) is 5.75 Å². The molecule has 1 aromatic carbocycles. The number of nitrogen functional groups attached to an aromatic ring is 1. The predicted octanol–water partition coefficient (Wildman–Crippen LogP) is 1.81. The van der Waals surface area contributed by atoms with Crippen LogP contribution in [-0.2, 0) is 11.2 Å². The van der Waals surface area contributed by atoms with Crippen molar-refractivity contribution in [3.8, 4) is 5.75 Å². The number of carbonyl (C=O) groups is 1. The molecule has 3 nitrogen and oxygen atoms in total. The zero-order valence-corrected chi connectivity index (χ0v) is 8.83. The molecule has 0 aliphatic heterocycles. The van der Waals surface area contributed by atoms with E-state index in [1.165, 1.54) is 0 Å². The Balaban J connectivity index is 2.67. The van der Waals surface area contributed by atoms with Gasteiger partial charge in [-0.3, -0.25) is 4.79 Å². The lowest BCUT2D eigenvalue weighted by molar-refractivity contribution is -0.114. The van der Waals surface area contributed by atoms with Gasteiger partial charge in [-0.15, -0.1) is 0 Å². The molecule has 1 aliphatic rings. The van der Waals surface area contributed by atoms with Gasteiger partial charge in [-0.1, -0.05) is 0 Å². The molecule has 0 saturated heterocycles. The summed E-state index contributed by atoms with van der Waals surface area (Å²) in [6, 6.07) is 3.64. The first kappa shape index (κ1) is 9.77. The fraction of sp³-hybridized carbons (Fsp3) is 0.250. The summed E-state index contributed by atoms with van der Waals surface area (Å²) in [6.07, 6.45) is 2.05. The van der Waals surface area contributed by atoms with Crippen LogP contribution in [-0.4, -0.2) is 12.9 Å². The zero-order chi connectivity index (χ0) is 11.0. The van der Waals surface area contributed by atoms with Crippen molar-refractivity contribution in [2.45, 2.75) is 13.3 Å². The van der Waals surface area contributed by atoms with Gasteiger partial charge in [0.05, 0.1) is 7.11 Å². The third-order valence-corrected chi connectivity index (χ3v) is 2.60. The van der Waals surface area contributed by atoms with Gasteiger partial charge >= 0.3 is 0 Å². The van der Waals surface area contributed by atoms with Gasteiger partial charge in [-0.05, 0) is 30.2 Å². The van der Waals surface area contributed by atoms with Crippen LogP contribution in [0.25, 0.3) is 5.57 Å². The molecule has 1 aliphatic carbocycles. The maximum Gasteiger partial charge on any atom is 0.160 e. The fourth-order valence-corrected chi connectivity index (χ4v) is 1.93. The fourth-order valence-electron chi connectivity index (χ4n) is 1.93. The van der Waals surface area contributed by atoms with Gasteiger partial charge in [-0.25, -0.2) is 0 Å². The van der Waals surface area contributed by atoms with Crippen LogP contribution in [0, 0.1) is 0 Å². The Morgan fingerprint density at radius 3 is 2.80 bits per heavy atom. The second kappa shape index (κ2) is 3.42. The molecule has 78 valence electrons. The number of benzene rings is 1. The topological polar surface area (TPSA) is 52.3 Å². The van der Waals surface area contributed by atoms with Crippen molar-refractivity contribution in [1.29, 1.82) is 0 Å². The van der Waals surface area contributed by atoms with Gasteiger partial charge in [0.25, 0.3) is 0 Å². The van der Waals surface area contributed by atoms with E-state index in [0.29, 0.717) is 17.9 Å². The summed E-state index contributed by atoms with van der Waals surface area (Å²) >= 11 is 0. The van der Waals surface area contributed by atoms with Gasteiger partial charge in [0.2, 0.25) is 0 Å². The zero-order valence-electron chi connectivity index (χ0n) is 8.83. The highest BCUT2D eigenvalue weighted by molar-refractivity contribution is 6.02. The quantitative estimate of drug-likeness (QED) is 0.708. The average molecular weight is 203 g/mol. The highest BCUT2D eigenvalue weighted by atomic mass is 16.5. The van der Waals surface area contributed by atoms with Crippen LogP contribution in [0.1, 0.15) is 18.1 Å². The van der Waals surface area contributed by atoms with Gasteiger partial charge in [-0.2, -0.15) is 0 Å². The number of ketones is 1. The minimum absolute atomic E-state index is 0.114. The van der Waals surface area contributed by atoms with E-state index in [-0.39, 0.29) is 5.78 Å². The standard InChI is InChI=1S/C12H13NO2/c1-7-3-9(14)6-11-10(7)4-8(13)5-12(11)15-2/h3-5H,6,13H2,1-2H3. The largest absolute Gasteiger partial charge is 0.496 e. The van der Waals surface area contributed by atoms with Crippen molar-refractivity contribution in [3.05, 3.63) is 29.3 Å². The minimum Gasteiger partial charge on any atom is -0.496 e. The molecular weight excluding hydrogens is 190 g/mol. The smallest absolute Gasteiger partial charge is 0.160 e. The number of hydrogen-bond donors (Lipinski definition) is 1. The molecule has 0 bridgehead atoms. The monoisotopic (exact) mass is 203 g/mol. The van der Waals surface area contributed by atoms with E-state index in [4.69, 9.17) is 10.5 Å². The Kier molecular flexibility index (Phi) is 2.23. The molecule has 0 amide bonds. The summed E-state index contributed by atoms with van der Waals surface area (Å²) in [6.45, 7) is 1.91. The van der Waals surface area contributed by atoms with E-state index in [2.05, 4.69) is 0 Å². The first-order valence-electron chi connectivity index (χ1n) is 4.79. The average Bonchev–Trinajstić information content (AvgIpc) is 2.18. The van der Waals surface area contributed by atoms with Crippen LogP contribution >= 0.6 is 0 Å². The molecule has 2 N–H and O–H groups in total.